The quantitative estimate of drug-likeness (QED) is 0.879. The molecule has 19 heavy (non-hydrogen) atoms. The predicted octanol–water partition coefficient (Wildman–Crippen LogP) is 0.686. The highest BCUT2D eigenvalue weighted by molar-refractivity contribution is 7.89. The third kappa shape index (κ3) is 3.34. The molecule has 0 aliphatic heterocycles. The number of rotatable bonds is 5. The van der Waals surface area contributed by atoms with E-state index < -0.39 is 10.0 Å². The third-order valence-corrected chi connectivity index (χ3v) is 4.55. The van der Waals surface area contributed by atoms with Crippen molar-refractivity contribution in [1.29, 1.82) is 0 Å². The van der Waals surface area contributed by atoms with Crippen LogP contribution < -0.4 is 5.32 Å². The summed E-state index contributed by atoms with van der Waals surface area (Å²) in [4.78, 5) is 4.19. The molecule has 0 unspecified atom stereocenters. The number of sulfonamides is 1. The van der Waals surface area contributed by atoms with Gasteiger partial charge in [-0.05, 0) is 12.1 Å². The van der Waals surface area contributed by atoms with E-state index in [1.165, 1.54) is 22.9 Å². The van der Waals surface area contributed by atoms with E-state index in [4.69, 9.17) is 11.6 Å². The molecule has 0 saturated heterocycles. The fraction of sp³-hybridized carbons (Fsp3) is 0.400. The Morgan fingerprint density at radius 2 is 2.16 bits per heavy atom. The van der Waals surface area contributed by atoms with Crippen LogP contribution in [0.25, 0.3) is 5.65 Å². The van der Waals surface area contributed by atoms with Crippen LogP contribution in [-0.2, 0) is 10.0 Å². The highest BCUT2D eigenvalue weighted by atomic mass is 35.5. The highest BCUT2D eigenvalue weighted by Gasteiger charge is 2.13. The number of hydrogen-bond acceptors (Lipinski definition) is 5. The summed E-state index contributed by atoms with van der Waals surface area (Å²) in [6.07, 6.45) is 1.63. The Hall–Kier alpha value is -1.38. The van der Waals surface area contributed by atoms with E-state index in [9.17, 15) is 8.42 Å². The van der Waals surface area contributed by atoms with Gasteiger partial charge in [0.2, 0.25) is 16.0 Å². The lowest BCUT2D eigenvalue weighted by molar-refractivity contribution is 0.521. The van der Waals surface area contributed by atoms with Crippen molar-refractivity contribution < 1.29 is 8.42 Å². The molecule has 2 rings (SSSR count). The zero-order valence-electron chi connectivity index (χ0n) is 10.5. The van der Waals surface area contributed by atoms with Crippen molar-refractivity contribution in [3.05, 3.63) is 23.4 Å². The minimum absolute atomic E-state index is 0.0176. The summed E-state index contributed by atoms with van der Waals surface area (Å²) in [6.45, 7) is 0.241. The molecule has 7 nitrogen and oxygen atoms in total. The molecule has 0 aromatic carbocycles. The lowest BCUT2D eigenvalue weighted by Gasteiger charge is -2.10. The Morgan fingerprint density at radius 1 is 1.42 bits per heavy atom. The summed E-state index contributed by atoms with van der Waals surface area (Å²) >= 11 is 5.83. The second-order valence-electron chi connectivity index (χ2n) is 4.11. The van der Waals surface area contributed by atoms with Crippen LogP contribution in [0, 0.1) is 0 Å². The summed E-state index contributed by atoms with van der Waals surface area (Å²) in [7, 11) is -0.217. The Labute approximate surface area is 116 Å². The molecule has 0 amide bonds. The van der Waals surface area contributed by atoms with Gasteiger partial charge in [-0.1, -0.05) is 11.6 Å². The van der Waals surface area contributed by atoms with E-state index in [1.807, 2.05) is 0 Å². The lowest BCUT2D eigenvalue weighted by Crippen LogP contribution is -2.28. The zero-order chi connectivity index (χ0) is 14.0. The van der Waals surface area contributed by atoms with Gasteiger partial charge in [-0.15, -0.1) is 5.10 Å². The smallest absolute Gasteiger partial charge is 0.243 e. The van der Waals surface area contributed by atoms with Crippen molar-refractivity contribution in [2.75, 3.05) is 31.7 Å². The Kier molecular flexibility index (Phi) is 3.93. The molecule has 104 valence electrons. The number of nitrogens with one attached hydrogen (secondary N) is 1. The zero-order valence-corrected chi connectivity index (χ0v) is 12.1. The largest absolute Gasteiger partial charge is 0.352 e. The van der Waals surface area contributed by atoms with Gasteiger partial charge in [0.25, 0.3) is 0 Å². The molecule has 9 heteroatoms. The van der Waals surface area contributed by atoms with Crippen LogP contribution in [0.15, 0.2) is 18.3 Å². The SMILES string of the molecule is CN(C)S(=O)(=O)CCNc1nc2ccc(Cl)cn2n1. The van der Waals surface area contributed by atoms with Gasteiger partial charge in [-0.2, -0.15) is 4.98 Å². The maximum Gasteiger partial charge on any atom is 0.243 e. The molecule has 0 radical (unpaired) electrons. The number of fused-ring (bicyclic) bond motifs is 1. The standard InChI is InChI=1S/C10H14ClN5O2S/c1-15(2)19(17,18)6-5-12-10-13-9-4-3-8(11)7-16(9)14-10/h3-4,7H,5-6H2,1-2H3,(H,12,14). The molecule has 0 fully saturated rings. The summed E-state index contributed by atoms with van der Waals surface area (Å²) in [5.74, 6) is 0.354. The monoisotopic (exact) mass is 303 g/mol. The number of anilines is 1. The molecule has 2 aromatic rings. The molecule has 0 atom stereocenters. The number of hydrogen-bond donors (Lipinski definition) is 1. The fourth-order valence-corrected chi connectivity index (χ4v) is 2.29. The molecule has 2 heterocycles. The molecule has 0 aliphatic carbocycles. The van der Waals surface area contributed by atoms with Crippen molar-refractivity contribution >= 4 is 33.2 Å². The summed E-state index contributed by atoms with van der Waals surface area (Å²) in [5.41, 5.74) is 0.641. The summed E-state index contributed by atoms with van der Waals surface area (Å²) in [5, 5.41) is 7.57. The van der Waals surface area contributed by atoms with Gasteiger partial charge in [0.15, 0.2) is 5.65 Å². The van der Waals surface area contributed by atoms with E-state index in [-0.39, 0.29) is 12.3 Å². The molecular weight excluding hydrogens is 290 g/mol. The predicted molar refractivity (Wildman–Crippen MR) is 74.0 cm³/mol. The first kappa shape index (κ1) is 14.0. The molecule has 0 saturated carbocycles. The summed E-state index contributed by atoms with van der Waals surface area (Å²) in [6, 6.07) is 3.45. The van der Waals surface area contributed by atoms with Gasteiger partial charge in [0.1, 0.15) is 0 Å². The number of aromatic nitrogens is 3. The average Bonchev–Trinajstić information content (AvgIpc) is 2.70. The Morgan fingerprint density at radius 3 is 2.84 bits per heavy atom. The number of nitrogens with zero attached hydrogens (tertiary/aromatic N) is 4. The van der Waals surface area contributed by atoms with Crippen molar-refractivity contribution in [3.63, 3.8) is 0 Å². The van der Waals surface area contributed by atoms with E-state index in [1.54, 1.807) is 18.3 Å². The van der Waals surface area contributed by atoms with Crippen LogP contribution in [0.3, 0.4) is 0 Å². The first-order valence-corrected chi connectivity index (χ1v) is 7.53. The molecule has 2 aromatic heterocycles. The van der Waals surface area contributed by atoms with Crippen molar-refractivity contribution in [2.24, 2.45) is 0 Å². The van der Waals surface area contributed by atoms with Gasteiger partial charge in [0.05, 0.1) is 10.8 Å². The van der Waals surface area contributed by atoms with Crippen molar-refractivity contribution in [3.8, 4) is 0 Å². The highest BCUT2D eigenvalue weighted by Crippen LogP contribution is 2.11. The van der Waals surface area contributed by atoms with Crippen LogP contribution in [0.2, 0.25) is 5.02 Å². The second-order valence-corrected chi connectivity index (χ2v) is 6.85. The molecule has 0 bridgehead atoms. The van der Waals surface area contributed by atoms with Crippen LogP contribution in [0.5, 0.6) is 0 Å². The molecule has 0 aliphatic rings. The maximum absolute atomic E-state index is 11.6. The average molecular weight is 304 g/mol. The number of pyridine rings is 1. The van der Waals surface area contributed by atoms with E-state index in [2.05, 4.69) is 15.4 Å². The molecule has 1 N–H and O–H groups in total. The van der Waals surface area contributed by atoms with Crippen LogP contribution in [-0.4, -0.2) is 53.7 Å². The van der Waals surface area contributed by atoms with Gasteiger partial charge in [0, 0.05) is 26.8 Å². The second kappa shape index (κ2) is 5.32. The Bertz CT molecular complexity index is 682. The van der Waals surface area contributed by atoms with Gasteiger partial charge >= 0.3 is 0 Å². The van der Waals surface area contributed by atoms with E-state index in [0.717, 1.165) is 0 Å². The first-order valence-electron chi connectivity index (χ1n) is 5.54. The van der Waals surface area contributed by atoms with Crippen molar-refractivity contribution in [1.82, 2.24) is 18.9 Å². The maximum atomic E-state index is 11.6. The van der Waals surface area contributed by atoms with E-state index in [0.29, 0.717) is 16.6 Å². The number of halogens is 1. The van der Waals surface area contributed by atoms with Crippen LogP contribution in [0.4, 0.5) is 5.95 Å². The third-order valence-electron chi connectivity index (χ3n) is 2.49. The topological polar surface area (TPSA) is 79.6 Å². The Balaban J connectivity index is 2.03. The van der Waals surface area contributed by atoms with Crippen molar-refractivity contribution in [2.45, 2.75) is 0 Å². The van der Waals surface area contributed by atoms with Crippen LogP contribution >= 0.6 is 11.6 Å². The minimum atomic E-state index is -3.22. The van der Waals surface area contributed by atoms with E-state index >= 15 is 0 Å². The molecule has 0 spiro atoms. The first-order chi connectivity index (χ1) is 8.88. The normalized spacial score (nSPS) is 12.2. The van der Waals surface area contributed by atoms with Gasteiger partial charge in [-0.3, -0.25) is 0 Å². The van der Waals surface area contributed by atoms with Gasteiger partial charge < -0.3 is 5.32 Å². The minimum Gasteiger partial charge on any atom is -0.352 e. The molecular formula is C10H14ClN5O2S. The fourth-order valence-electron chi connectivity index (χ4n) is 1.41. The summed E-state index contributed by atoms with van der Waals surface area (Å²) < 4.78 is 25.8. The van der Waals surface area contributed by atoms with Crippen LogP contribution in [0.1, 0.15) is 0 Å². The van der Waals surface area contributed by atoms with Gasteiger partial charge in [-0.25, -0.2) is 17.2 Å². The lowest BCUT2D eigenvalue weighted by atomic mass is 10.5.